The van der Waals surface area contributed by atoms with E-state index in [1.165, 1.54) is 16.7 Å². The highest BCUT2D eigenvalue weighted by molar-refractivity contribution is 5.35. The molecule has 1 heterocycles. The molecule has 2 nitrogen and oxygen atoms in total. The second-order valence-electron chi connectivity index (χ2n) is 5.14. The number of nitrogens with one attached hydrogen (secondary N) is 1. The van der Waals surface area contributed by atoms with Crippen molar-refractivity contribution in [1.29, 1.82) is 0 Å². The monoisotopic (exact) mass is 271 g/mol. The fraction of sp³-hybridized carbons (Fsp3) is 0.444. The zero-order valence-corrected chi connectivity index (χ0v) is 12.8. The van der Waals surface area contributed by atoms with Crippen LogP contribution < -0.4 is 5.32 Å². The SMILES string of the molecule is CCCNC(c1cccc(CC)c1)c1ccoc1CC. The molecule has 1 atom stereocenters. The molecule has 2 heteroatoms. The van der Waals surface area contributed by atoms with E-state index in [0.29, 0.717) is 0 Å². The van der Waals surface area contributed by atoms with Crippen molar-refractivity contribution in [2.24, 2.45) is 0 Å². The van der Waals surface area contributed by atoms with Crippen molar-refractivity contribution in [2.45, 2.75) is 46.1 Å². The first kappa shape index (κ1) is 14.9. The van der Waals surface area contributed by atoms with Gasteiger partial charge in [0.15, 0.2) is 0 Å². The van der Waals surface area contributed by atoms with E-state index in [2.05, 4.69) is 56.4 Å². The Kier molecular flexibility index (Phi) is 5.42. The lowest BCUT2D eigenvalue weighted by Crippen LogP contribution is -2.23. The summed E-state index contributed by atoms with van der Waals surface area (Å²) < 4.78 is 5.61. The van der Waals surface area contributed by atoms with Crippen LogP contribution in [0.5, 0.6) is 0 Å². The van der Waals surface area contributed by atoms with Crippen LogP contribution in [0.3, 0.4) is 0 Å². The van der Waals surface area contributed by atoms with Crippen LogP contribution in [0.2, 0.25) is 0 Å². The van der Waals surface area contributed by atoms with Crippen LogP contribution in [0.15, 0.2) is 41.0 Å². The molecule has 0 amide bonds. The maximum absolute atomic E-state index is 5.61. The number of rotatable bonds is 7. The molecule has 108 valence electrons. The maximum Gasteiger partial charge on any atom is 0.108 e. The van der Waals surface area contributed by atoms with Crippen LogP contribution in [0, 0.1) is 0 Å². The molecule has 0 fully saturated rings. The third-order valence-corrected chi connectivity index (χ3v) is 3.70. The summed E-state index contributed by atoms with van der Waals surface area (Å²) in [6.07, 6.45) is 4.93. The second-order valence-corrected chi connectivity index (χ2v) is 5.14. The second kappa shape index (κ2) is 7.30. The highest BCUT2D eigenvalue weighted by Crippen LogP contribution is 2.27. The molecular formula is C18H25NO. The van der Waals surface area contributed by atoms with Gasteiger partial charge in [-0.1, -0.05) is 45.0 Å². The topological polar surface area (TPSA) is 25.2 Å². The lowest BCUT2D eigenvalue weighted by molar-refractivity contribution is 0.500. The van der Waals surface area contributed by atoms with Crippen molar-refractivity contribution in [2.75, 3.05) is 6.54 Å². The molecule has 2 aromatic rings. The van der Waals surface area contributed by atoms with Gasteiger partial charge in [-0.25, -0.2) is 0 Å². The molecule has 0 saturated heterocycles. The van der Waals surface area contributed by atoms with Gasteiger partial charge >= 0.3 is 0 Å². The van der Waals surface area contributed by atoms with Crippen LogP contribution in [0.1, 0.15) is 55.7 Å². The van der Waals surface area contributed by atoms with E-state index < -0.39 is 0 Å². The summed E-state index contributed by atoms with van der Waals surface area (Å²) in [5.41, 5.74) is 3.98. The molecular weight excluding hydrogens is 246 g/mol. The van der Waals surface area contributed by atoms with Gasteiger partial charge in [-0.3, -0.25) is 0 Å². The summed E-state index contributed by atoms with van der Waals surface area (Å²) in [5.74, 6) is 1.08. The highest BCUT2D eigenvalue weighted by Gasteiger charge is 2.18. The number of furan rings is 1. The average Bonchev–Trinajstić information content (AvgIpc) is 2.96. The van der Waals surface area contributed by atoms with Crippen LogP contribution >= 0.6 is 0 Å². The smallest absolute Gasteiger partial charge is 0.108 e. The van der Waals surface area contributed by atoms with E-state index in [0.717, 1.165) is 31.6 Å². The van der Waals surface area contributed by atoms with E-state index in [4.69, 9.17) is 4.42 Å². The molecule has 1 aromatic carbocycles. The molecule has 20 heavy (non-hydrogen) atoms. The summed E-state index contributed by atoms with van der Waals surface area (Å²) in [6.45, 7) is 7.54. The molecule has 1 unspecified atom stereocenters. The van der Waals surface area contributed by atoms with Gasteiger partial charge in [0.25, 0.3) is 0 Å². The van der Waals surface area contributed by atoms with Crippen LogP contribution in [0.25, 0.3) is 0 Å². The zero-order valence-electron chi connectivity index (χ0n) is 12.8. The fourth-order valence-corrected chi connectivity index (χ4v) is 2.58. The average molecular weight is 271 g/mol. The highest BCUT2D eigenvalue weighted by atomic mass is 16.3. The molecule has 0 radical (unpaired) electrons. The minimum atomic E-state index is 0.232. The summed E-state index contributed by atoms with van der Waals surface area (Å²) >= 11 is 0. The molecule has 0 aliphatic heterocycles. The Morgan fingerprint density at radius 2 is 1.95 bits per heavy atom. The number of aryl methyl sites for hydroxylation is 2. The third-order valence-electron chi connectivity index (χ3n) is 3.70. The molecule has 0 aliphatic rings. The number of benzene rings is 1. The van der Waals surface area contributed by atoms with Gasteiger partial charge in [0.05, 0.1) is 12.3 Å². The molecule has 0 bridgehead atoms. The number of hydrogen-bond donors (Lipinski definition) is 1. The predicted octanol–water partition coefficient (Wildman–Crippen LogP) is 4.49. The third kappa shape index (κ3) is 3.31. The Labute approximate surface area is 122 Å². The van der Waals surface area contributed by atoms with Gasteiger partial charge in [0.1, 0.15) is 5.76 Å². The van der Waals surface area contributed by atoms with Gasteiger partial charge < -0.3 is 9.73 Å². The van der Waals surface area contributed by atoms with E-state index in [1.54, 1.807) is 6.26 Å². The van der Waals surface area contributed by atoms with E-state index in [9.17, 15) is 0 Å². The Morgan fingerprint density at radius 1 is 1.10 bits per heavy atom. The fourth-order valence-electron chi connectivity index (χ4n) is 2.58. The Balaban J connectivity index is 2.36. The van der Waals surface area contributed by atoms with Gasteiger partial charge in [0.2, 0.25) is 0 Å². The first-order valence-corrected chi connectivity index (χ1v) is 7.68. The summed E-state index contributed by atoms with van der Waals surface area (Å²) in [5, 5.41) is 3.65. The molecule has 1 aromatic heterocycles. The largest absolute Gasteiger partial charge is 0.469 e. The Bertz CT molecular complexity index is 530. The van der Waals surface area contributed by atoms with Gasteiger partial charge in [0, 0.05) is 12.0 Å². The van der Waals surface area contributed by atoms with Crippen LogP contribution in [-0.4, -0.2) is 6.54 Å². The molecule has 0 aliphatic carbocycles. The van der Waals surface area contributed by atoms with Gasteiger partial charge in [-0.15, -0.1) is 0 Å². The van der Waals surface area contributed by atoms with Crippen LogP contribution in [0.4, 0.5) is 0 Å². The van der Waals surface area contributed by atoms with Crippen molar-refractivity contribution in [3.8, 4) is 0 Å². The van der Waals surface area contributed by atoms with Crippen molar-refractivity contribution < 1.29 is 4.42 Å². The quantitative estimate of drug-likeness (QED) is 0.802. The van der Waals surface area contributed by atoms with Crippen LogP contribution in [-0.2, 0) is 12.8 Å². The molecule has 1 N–H and O–H groups in total. The first-order valence-electron chi connectivity index (χ1n) is 7.68. The summed E-state index contributed by atoms with van der Waals surface area (Å²) in [7, 11) is 0. The minimum absolute atomic E-state index is 0.232. The lowest BCUT2D eigenvalue weighted by atomic mass is 9.96. The van der Waals surface area contributed by atoms with E-state index >= 15 is 0 Å². The lowest BCUT2D eigenvalue weighted by Gasteiger charge is -2.20. The molecule has 2 rings (SSSR count). The zero-order chi connectivity index (χ0) is 14.4. The van der Waals surface area contributed by atoms with Crippen molar-refractivity contribution in [1.82, 2.24) is 5.32 Å². The maximum atomic E-state index is 5.61. The van der Waals surface area contributed by atoms with Gasteiger partial charge in [-0.2, -0.15) is 0 Å². The summed E-state index contributed by atoms with van der Waals surface area (Å²) in [6, 6.07) is 11.2. The van der Waals surface area contributed by atoms with Gasteiger partial charge in [-0.05, 0) is 36.6 Å². The standard InChI is InChI=1S/C18H25NO/c1-4-11-19-18(16-10-12-20-17(16)6-3)15-9-7-8-14(5-2)13-15/h7-10,12-13,18-19H,4-6,11H2,1-3H3. The van der Waals surface area contributed by atoms with E-state index in [1.807, 2.05) is 0 Å². The Hall–Kier alpha value is -1.54. The first-order chi connectivity index (χ1) is 9.80. The normalized spacial score (nSPS) is 12.6. The minimum Gasteiger partial charge on any atom is -0.469 e. The number of hydrogen-bond acceptors (Lipinski definition) is 2. The van der Waals surface area contributed by atoms with E-state index in [-0.39, 0.29) is 6.04 Å². The van der Waals surface area contributed by atoms with Crippen molar-refractivity contribution in [3.63, 3.8) is 0 Å². The molecule has 0 spiro atoms. The molecule has 0 saturated carbocycles. The predicted molar refractivity (Wildman–Crippen MR) is 84.0 cm³/mol. The van der Waals surface area contributed by atoms with Crippen molar-refractivity contribution >= 4 is 0 Å². The summed E-state index contributed by atoms with van der Waals surface area (Å²) in [4.78, 5) is 0. The van der Waals surface area contributed by atoms with Crippen molar-refractivity contribution in [3.05, 3.63) is 59.0 Å². The Morgan fingerprint density at radius 3 is 2.65 bits per heavy atom.